The molecule has 0 spiro atoms. The Morgan fingerprint density at radius 2 is 2.14 bits per heavy atom. The predicted molar refractivity (Wildman–Crippen MR) is 56.5 cm³/mol. The van der Waals surface area contributed by atoms with Crippen molar-refractivity contribution < 1.29 is 4.79 Å². The molecule has 2 rings (SSSR count). The number of nitrogens with zero attached hydrogens (tertiary/aromatic N) is 1. The molecule has 1 aromatic rings. The summed E-state index contributed by atoms with van der Waals surface area (Å²) in [6, 6.07) is 1.77. The van der Waals surface area contributed by atoms with Gasteiger partial charge in [0.25, 0.3) is 5.91 Å². The van der Waals surface area contributed by atoms with Crippen LogP contribution < -0.4 is 5.32 Å². The van der Waals surface area contributed by atoms with E-state index in [1.165, 1.54) is 0 Å². The molecule has 0 atom stereocenters. The lowest BCUT2D eigenvalue weighted by atomic mass is 10.2. The molecule has 1 amide bonds. The zero-order chi connectivity index (χ0) is 10.7. The van der Waals surface area contributed by atoms with Gasteiger partial charge in [-0.1, -0.05) is 25.4 Å². The summed E-state index contributed by atoms with van der Waals surface area (Å²) in [6.07, 6.45) is 0. The third-order valence-corrected chi connectivity index (χ3v) is 2.27. The van der Waals surface area contributed by atoms with Crippen LogP contribution in [-0.4, -0.2) is 10.9 Å². The Morgan fingerprint density at radius 3 is 2.79 bits per heavy atom. The molecule has 0 saturated heterocycles. The molecule has 0 aliphatic carbocycles. The fraction of sp³-hybridized carbons (Fsp3) is 0.400. The molecule has 1 aromatic heterocycles. The Bertz CT molecular complexity index is 363. The first-order chi connectivity index (χ1) is 6.68. The summed E-state index contributed by atoms with van der Waals surface area (Å²) in [5.74, 6) is -0.0581. The first-order valence-electron chi connectivity index (χ1n) is 4.62. The quantitative estimate of drug-likeness (QED) is 0.671. The van der Waals surface area contributed by atoms with E-state index < -0.39 is 0 Å². The van der Waals surface area contributed by atoms with E-state index in [1.54, 1.807) is 6.07 Å². The first kappa shape index (κ1) is 11.0. The molecule has 0 aromatic carbocycles. The van der Waals surface area contributed by atoms with Gasteiger partial charge >= 0.3 is 0 Å². The maximum absolute atomic E-state index is 11.1. The van der Waals surface area contributed by atoms with Gasteiger partial charge in [-0.05, 0) is 18.6 Å². The van der Waals surface area contributed by atoms with Gasteiger partial charge < -0.3 is 5.32 Å². The van der Waals surface area contributed by atoms with Gasteiger partial charge in [0, 0.05) is 0 Å². The number of hydrogen-bond donors (Lipinski definition) is 1. The first-order valence-corrected chi connectivity index (χ1v) is 5.00. The molecule has 1 aliphatic rings. The van der Waals surface area contributed by atoms with E-state index >= 15 is 0 Å². The van der Waals surface area contributed by atoms with Crippen LogP contribution in [0.1, 0.15) is 35.5 Å². The number of nitrogens with one attached hydrogen (secondary N) is 1. The third kappa shape index (κ3) is 1.87. The number of aromatic nitrogens is 1. The predicted octanol–water partition coefficient (Wildman–Crippen LogP) is 2.31. The molecule has 0 bridgehead atoms. The zero-order valence-corrected chi connectivity index (χ0v) is 9.27. The average molecular weight is 213 g/mol. The van der Waals surface area contributed by atoms with Crippen LogP contribution in [0.4, 0.5) is 0 Å². The number of rotatable bonds is 0. The highest BCUT2D eigenvalue weighted by Gasteiger charge is 2.20. The largest absolute Gasteiger partial charge is 0.346 e. The Kier molecular flexibility index (Phi) is 3.47. The number of fused-ring (bicyclic) bond motifs is 1. The molecule has 0 saturated carbocycles. The minimum Gasteiger partial charge on any atom is -0.346 e. The fourth-order valence-corrected chi connectivity index (χ4v) is 1.37. The second-order valence-corrected chi connectivity index (χ2v) is 3.13. The maximum atomic E-state index is 11.1. The van der Waals surface area contributed by atoms with Crippen LogP contribution in [0.25, 0.3) is 0 Å². The number of hydrogen-bond acceptors (Lipinski definition) is 2. The van der Waals surface area contributed by atoms with Crippen molar-refractivity contribution in [3.05, 3.63) is 28.0 Å². The van der Waals surface area contributed by atoms with Crippen molar-refractivity contribution in [2.45, 2.75) is 27.3 Å². The molecule has 0 radical (unpaired) electrons. The van der Waals surface area contributed by atoms with Crippen molar-refractivity contribution in [1.82, 2.24) is 10.3 Å². The molecule has 14 heavy (non-hydrogen) atoms. The summed E-state index contributed by atoms with van der Waals surface area (Å²) >= 11 is 5.79. The Balaban J connectivity index is 0.000000461. The van der Waals surface area contributed by atoms with Crippen LogP contribution in [0.2, 0.25) is 5.15 Å². The van der Waals surface area contributed by atoms with Crippen LogP contribution >= 0.6 is 11.6 Å². The lowest BCUT2D eigenvalue weighted by molar-refractivity contribution is 0.0965. The van der Waals surface area contributed by atoms with Gasteiger partial charge in [-0.3, -0.25) is 4.79 Å². The van der Waals surface area contributed by atoms with Crippen LogP contribution in [0.5, 0.6) is 0 Å². The van der Waals surface area contributed by atoms with Gasteiger partial charge in [-0.15, -0.1) is 0 Å². The zero-order valence-electron chi connectivity index (χ0n) is 8.52. The summed E-state index contributed by atoms with van der Waals surface area (Å²) < 4.78 is 0. The average Bonchev–Trinajstić information content (AvgIpc) is 2.53. The van der Waals surface area contributed by atoms with Crippen molar-refractivity contribution in [2.75, 3.05) is 0 Å². The van der Waals surface area contributed by atoms with E-state index in [9.17, 15) is 4.79 Å². The van der Waals surface area contributed by atoms with E-state index in [4.69, 9.17) is 11.6 Å². The highest BCUT2D eigenvalue weighted by Crippen LogP contribution is 2.19. The number of aryl methyl sites for hydroxylation is 1. The second-order valence-electron chi connectivity index (χ2n) is 2.77. The van der Waals surface area contributed by atoms with Crippen LogP contribution in [0.3, 0.4) is 0 Å². The molecule has 76 valence electrons. The van der Waals surface area contributed by atoms with Crippen molar-refractivity contribution in [1.29, 1.82) is 0 Å². The Morgan fingerprint density at radius 1 is 1.50 bits per heavy atom. The number of halogens is 1. The molecule has 3 nitrogen and oxygen atoms in total. The van der Waals surface area contributed by atoms with Gasteiger partial charge in [0.2, 0.25) is 0 Å². The topological polar surface area (TPSA) is 42.0 Å². The van der Waals surface area contributed by atoms with Gasteiger partial charge in [0.15, 0.2) is 0 Å². The lowest BCUT2D eigenvalue weighted by Crippen LogP contribution is -2.12. The van der Waals surface area contributed by atoms with Crippen molar-refractivity contribution in [3.63, 3.8) is 0 Å². The van der Waals surface area contributed by atoms with Crippen molar-refractivity contribution in [2.24, 2.45) is 0 Å². The monoisotopic (exact) mass is 212 g/mol. The maximum Gasteiger partial charge on any atom is 0.253 e. The highest BCUT2D eigenvalue weighted by atomic mass is 35.5. The second kappa shape index (κ2) is 4.42. The van der Waals surface area contributed by atoms with E-state index in [0.717, 1.165) is 11.3 Å². The van der Waals surface area contributed by atoms with E-state index in [-0.39, 0.29) is 5.91 Å². The summed E-state index contributed by atoms with van der Waals surface area (Å²) in [5.41, 5.74) is 2.24. The fourth-order valence-electron chi connectivity index (χ4n) is 1.22. The van der Waals surface area contributed by atoms with E-state index in [2.05, 4.69) is 10.3 Å². The minimum absolute atomic E-state index is 0.0581. The smallest absolute Gasteiger partial charge is 0.253 e. The highest BCUT2D eigenvalue weighted by molar-refractivity contribution is 6.30. The molecule has 2 heterocycles. The summed E-state index contributed by atoms with van der Waals surface area (Å²) in [5, 5.41) is 3.16. The van der Waals surface area contributed by atoms with Crippen molar-refractivity contribution in [3.8, 4) is 0 Å². The Labute approximate surface area is 88.5 Å². The van der Waals surface area contributed by atoms with E-state index in [0.29, 0.717) is 17.3 Å². The van der Waals surface area contributed by atoms with Crippen LogP contribution in [0.15, 0.2) is 6.07 Å². The molecule has 1 aliphatic heterocycles. The number of amides is 1. The molecule has 4 heteroatoms. The number of pyridine rings is 1. The molecule has 1 N–H and O–H groups in total. The van der Waals surface area contributed by atoms with Gasteiger partial charge in [-0.2, -0.15) is 0 Å². The number of carbonyl (C=O) groups excluding carboxylic acids is 1. The summed E-state index contributed by atoms with van der Waals surface area (Å²) in [6.45, 7) is 6.33. The van der Waals surface area contributed by atoms with Crippen LogP contribution in [0, 0.1) is 6.92 Å². The minimum atomic E-state index is -0.0581. The molecular formula is C10H13ClN2O. The van der Waals surface area contributed by atoms with Gasteiger partial charge in [-0.25, -0.2) is 4.98 Å². The standard InChI is InChI=1S/C8H7ClN2O.C2H6/c1-4-2-5-6(11-7(4)9)3-10-8(5)12;1-2/h2H,3H2,1H3,(H,10,12);1-2H3. The SMILES string of the molecule is CC.Cc1cc2c(nc1Cl)CNC2=O. The van der Waals surface area contributed by atoms with Crippen molar-refractivity contribution >= 4 is 17.5 Å². The molecular weight excluding hydrogens is 200 g/mol. The van der Waals surface area contributed by atoms with E-state index in [1.807, 2.05) is 20.8 Å². The lowest BCUT2D eigenvalue weighted by Gasteiger charge is -1.98. The normalized spacial score (nSPS) is 12.7. The summed E-state index contributed by atoms with van der Waals surface area (Å²) in [7, 11) is 0. The number of carbonyl (C=O) groups is 1. The molecule has 0 fully saturated rings. The molecule has 0 unspecified atom stereocenters. The van der Waals surface area contributed by atoms with Crippen LogP contribution in [-0.2, 0) is 6.54 Å². The third-order valence-electron chi connectivity index (χ3n) is 1.89. The Hall–Kier alpha value is -1.09. The van der Waals surface area contributed by atoms with Gasteiger partial charge in [0.1, 0.15) is 5.15 Å². The van der Waals surface area contributed by atoms with Gasteiger partial charge in [0.05, 0.1) is 17.8 Å². The summed E-state index contributed by atoms with van der Waals surface area (Å²) in [4.78, 5) is 15.2.